The van der Waals surface area contributed by atoms with Gasteiger partial charge in [-0.2, -0.15) is 0 Å². The van der Waals surface area contributed by atoms with Crippen molar-refractivity contribution in [3.05, 3.63) is 23.8 Å². The Hall–Kier alpha value is -3.14. The molecule has 0 aliphatic rings. The molecule has 1 aromatic carbocycles. The SMILES string of the molecule is CCC(C)C(=O)Oc1ccc(C[C@H](N)C(=O)O[C@@H](C)[C@H](C)OC(=O)OCC(C)(C)C)cc1OC(=O)C(C)CC. The van der Waals surface area contributed by atoms with E-state index in [1.165, 1.54) is 12.1 Å². The summed E-state index contributed by atoms with van der Waals surface area (Å²) in [6.45, 7) is 16.3. The van der Waals surface area contributed by atoms with Crippen molar-refractivity contribution in [2.45, 2.75) is 99.8 Å². The van der Waals surface area contributed by atoms with Gasteiger partial charge in [-0.3, -0.25) is 14.4 Å². The summed E-state index contributed by atoms with van der Waals surface area (Å²) in [5.41, 5.74) is 6.44. The lowest BCUT2D eigenvalue weighted by atomic mass is 9.99. The fraction of sp³-hybridized carbons (Fsp3) is 0.655. The Kier molecular flexibility index (Phi) is 13.4. The van der Waals surface area contributed by atoms with Gasteiger partial charge in [0.2, 0.25) is 0 Å². The average Bonchev–Trinajstić information content (AvgIpc) is 2.87. The van der Waals surface area contributed by atoms with Crippen LogP contribution in [0.5, 0.6) is 11.5 Å². The molecule has 0 spiro atoms. The van der Waals surface area contributed by atoms with Crippen LogP contribution in [0.3, 0.4) is 0 Å². The molecule has 0 saturated carbocycles. The molecule has 0 aliphatic carbocycles. The predicted molar refractivity (Wildman–Crippen MR) is 145 cm³/mol. The number of carbonyl (C=O) groups is 4. The summed E-state index contributed by atoms with van der Waals surface area (Å²) in [7, 11) is 0. The van der Waals surface area contributed by atoms with Crippen molar-refractivity contribution in [3.63, 3.8) is 0 Å². The minimum atomic E-state index is -1.06. The van der Waals surface area contributed by atoms with Crippen molar-refractivity contribution in [2.75, 3.05) is 6.61 Å². The van der Waals surface area contributed by atoms with Crippen molar-refractivity contribution in [1.82, 2.24) is 0 Å². The zero-order valence-electron chi connectivity index (χ0n) is 24.7. The molecule has 0 radical (unpaired) electrons. The largest absolute Gasteiger partial charge is 0.508 e. The first kappa shape index (κ1) is 33.9. The lowest BCUT2D eigenvalue weighted by Gasteiger charge is -2.23. The Balaban J connectivity index is 2.90. The van der Waals surface area contributed by atoms with Crippen molar-refractivity contribution in [1.29, 1.82) is 0 Å². The van der Waals surface area contributed by atoms with E-state index in [0.29, 0.717) is 18.4 Å². The number of hydrogen-bond donors (Lipinski definition) is 1. The van der Waals surface area contributed by atoms with Crippen LogP contribution in [0.1, 0.15) is 80.7 Å². The molecule has 0 aromatic heterocycles. The van der Waals surface area contributed by atoms with E-state index in [1.807, 2.05) is 34.6 Å². The summed E-state index contributed by atoms with van der Waals surface area (Å²) in [4.78, 5) is 49.4. The normalized spacial score (nSPS) is 15.2. The number of ether oxygens (including phenoxy) is 5. The Morgan fingerprint density at radius 2 is 1.31 bits per heavy atom. The van der Waals surface area contributed by atoms with E-state index in [4.69, 9.17) is 29.4 Å². The fourth-order valence-electron chi connectivity index (χ4n) is 2.86. The molecule has 1 rings (SSSR count). The van der Waals surface area contributed by atoms with E-state index >= 15 is 0 Å². The van der Waals surface area contributed by atoms with Gasteiger partial charge in [-0.1, -0.05) is 54.5 Å². The molecule has 39 heavy (non-hydrogen) atoms. The van der Waals surface area contributed by atoms with Gasteiger partial charge in [0.25, 0.3) is 0 Å². The summed E-state index contributed by atoms with van der Waals surface area (Å²) in [6.07, 6.45) is -1.16. The molecule has 5 atom stereocenters. The third kappa shape index (κ3) is 12.1. The van der Waals surface area contributed by atoms with Crippen molar-refractivity contribution >= 4 is 24.1 Å². The molecule has 10 heteroatoms. The molecule has 0 aliphatic heterocycles. The van der Waals surface area contributed by atoms with Crippen molar-refractivity contribution in [2.24, 2.45) is 23.0 Å². The van der Waals surface area contributed by atoms with Crippen LogP contribution in [0.4, 0.5) is 4.79 Å². The van der Waals surface area contributed by atoms with Gasteiger partial charge in [-0.05, 0) is 56.2 Å². The molecule has 0 bridgehead atoms. The topological polar surface area (TPSA) is 140 Å². The van der Waals surface area contributed by atoms with Crippen LogP contribution in [-0.2, 0) is 35.0 Å². The molecule has 1 aromatic rings. The minimum Gasteiger partial charge on any atom is -0.458 e. The van der Waals surface area contributed by atoms with E-state index in [0.717, 1.165) is 0 Å². The molecular formula is C29H45NO9. The highest BCUT2D eigenvalue weighted by Gasteiger charge is 2.26. The van der Waals surface area contributed by atoms with Crippen LogP contribution < -0.4 is 15.2 Å². The minimum absolute atomic E-state index is 0.0574. The molecule has 220 valence electrons. The monoisotopic (exact) mass is 551 g/mol. The van der Waals surface area contributed by atoms with E-state index in [9.17, 15) is 19.2 Å². The van der Waals surface area contributed by atoms with Crippen molar-refractivity contribution in [3.8, 4) is 11.5 Å². The summed E-state index contributed by atoms with van der Waals surface area (Å²) in [5, 5.41) is 0. The Morgan fingerprint density at radius 1 is 0.795 bits per heavy atom. The molecule has 0 heterocycles. The maximum absolute atomic E-state index is 12.6. The number of rotatable bonds is 13. The van der Waals surface area contributed by atoms with Crippen LogP contribution in [-0.4, -0.2) is 48.9 Å². The van der Waals surface area contributed by atoms with Crippen LogP contribution in [0.2, 0.25) is 0 Å². The zero-order chi connectivity index (χ0) is 29.9. The molecule has 2 unspecified atom stereocenters. The van der Waals surface area contributed by atoms with Gasteiger partial charge in [0.05, 0.1) is 18.4 Å². The van der Waals surface area contributed by atoms with Crippen LogP contribution >= 0.6 is 0 Å². The van der Waals surface area contributed by atoms with Gasteiger partial charge >= 0.3 is 24.1 Å². The van der Waals surface area contributed by atoms with E-state index < -0.39 is 42.3 Å². The standard InChI is InChI=1S/C29H45NO9/c1-10-17(3)25(31)38-23-13-12-21(15-24(23)39-26(32)18(4)11-2)14-22(30)27(33)36-19(5)20(6)37-28(34)35-16-29(7,8)9/h12-13,15,17-20,22H,10-11,14,16,30H2,1-9H3/t17?,18?,19-,20-,22-/m0/s1. The molecule has 0 fully saturated rings. The maximum atomic E-state index is 12.6. The smallest absolute Gasteiger partial charge is 0.458 e. The second-order valence-corrected chi connectivity index (χ2v) is 11.1. The van der Waals surface area contributed by atoms with Gasteiger partial charge in [0.1, 0.15) is 18.2 Å². The molecular weight excluding hydrogens is 506 g/mol. The van der Waals surface area contributed by atoms with E-state index in [-0.39, 0.29) is 41.8 Å². The second-order valence-electron chi connectivity index (χ2n) is 11.1. The van der Waals surface area contributed by atoms with Crippen LogP contribution in [0, 0.1) is 17.3 Å². The summed E-state index contributed by atoms with van der Waals surface area (Å²) >= 11 is 0. The van der Waals surface area contributed by atoms with Crippen molar-refractivity contribution < 1.29 is 42.9 Å². The highest BCUT2D eigenvalue weighted by Crippen LogP contribution is 2.31. The molecule has 10 nitrogen and oxygen atoms in total. The van der Waals surface area contributed by atoms with Crippen LogP contribution in [0.25, 0.3) is 0 Å². The Morgan fingerprint density at radius 3 is 1.82 bits per heavy atom. The van der Waals surface area contributed by atoms with E-state index in [2.05, 4.69) is 0 Å². The molecule has 0 amide bonds. The summed E-state index contributed by atoms with van der Waals surface area (Å²) in [5.74, 6) is -2.14. The van der Waals surface area contributed by atoms with Gasteiger partial charge in [-0.15, -0.1) is 0 Å². The number of esters is 3. The number of nitrogens with two attached hydrogens (primary N) is 1. The lowest BCUT2D eigenvalue weighted by Crippen LogP contribution is -2.39. The quantitative estimate of drug-likeness (QED) is 0.264. The van der Waals surface area contributed by atoms with E-state index in [1.54, 1.807) is 33.8 Å². The summed E-state index contributed by atoms with van der Waals surface area (Å²) < 4.78 is 26.7. The third-order valence-corrected chi connectivity index (χ3v) is 6.09. The number of carbonyl (C=O) groups excluding carboxylic acids is 4. The highest BCUT2D eigenvalue weighted by molar-refractivity contribution is 5.79. The van der Waals surface area contributed by atoms with Gasteiger partial charge in [-0.25, -0.2) is 4.79 Å². The maximum Gasteiger partial charge on any atom is 0.508 e. The first-order valence-electron chi connectivity index (χ1n) is 13.4. The first-order chi connectivity index (χ1) is 18.1. The Labute approximate surface area is 231 Å². The second kappa shape index (κ2) is 15.5. The summed E-state index contributed by atoms with van der Waals surface area (Å²) in [6, 6.07) is 3.61. The van der Waals surface area contributed by atoms with Gasteiger partial charge in [0.15, 0.2) is 11.5 Å². The molecule has 2 N–H and O–H groups in total. The fourth-order valence-corrected chi connectivity index (χ4v) is 2.86. The first-order valence-corrected chi connectivity index (χ1v) is 13.4. The lowest BCUT2D eigenvalue weighted by molar-refractivity contribution is -0.155. The predicted octanol–water partition coefficient (Wildman–Crippen LogP) is 4.98. The number of benzene rings is 1. The van der Waals surface area contributed by atoms with Gasteiger partial charge < -0.3 is 29.4 Å². The van der Waals surface area contributed by atoms with Gasteiger partial charge in [0, 0.05) is 0 Å². The molecule has 0 saturated heterocycles. The Bertz CT molecular complexity index is 985. The third-order valence-electron chi connectivity index (χ3n) is 6.09. The van der Waals surface area contributed by atoms with Crippen LogP contribution in [0.15, 0.2) is 18.2 Å². The highest BCUT2D eigenvalue weighted by atomic mass is 16.7. The zero-order valence-corrected chi connectivity index (χ0v) is 24.7. The number of hydrogen-bond acceptors (Lipinski definition) is 10. The average molecular weight is 552 g/mol.